The number of hydrogen-bond acceptors (Lipinski definition) is 1. The van der Waals surface area contributed by atoms with Gasteiger partial charge in [-0.1, -0.05) is 115 Å². The molecule has 0 aliphatic carbocycles. The third kappa shape index (κ3) is 4.44. The van der Waals surface area contributed by atoms with Gasteiger partial charge in [-0.05, 0) is 52.9 Å². The van der Waals surface area contributed by atoms with Gasteiger partial charge in [-0.25, -0.2) is 0 Å². The molecule has 1 nitrogen and oxygen atoms in total. The zero-order chi connectivity index (χ0) is 22.5. The summed E-state index contributed by atoms with van der Waals surface area (Å²) in [4.78, 5) is 2.41. The van der Waals surface area contributed by atoms with Crippen molar-refractivity contribution in [2.24, 2.45) is 0 Å². The second kappa shape index (κ2) is 9.58. The maximum absolute atomic E-state index is 2.41. The smallest absolute Gasteiger partial charge is 0.0496 e. The van der Waals surface area contributed by atoms with E-state index in [1.165, 1.54) is 44.8 Å². The van der Waals surface area contributed by atoms with Crippen LogP contribution in [-0.2, 0) is 0 Å². The van der Waals surface area contributed by atoms with Crippen LogP contribution in [0, 0.1) is 0 Å². The molecule has 0 N–H and O–H groups in total. The summed E-state index contributed by atoms with van der Waals surface area (Å²) in [7, 11) is 0. The number of benzene rings is 5. The van der Waals surface area contributed by atoms with Crippen molar-refractivity contribution < 1.29 is 0 Å². The van der Waals surface area contributed by atoms with Crippen LogP contribution in [0.5, 0.6) is 0 Å². The second-order valence-electron chi connectivity index (χ2n) is 8.12. The molecule has 0 spiro atoms. The van der Waals surface area contributed by atoms with Gasteiger partial charge in [-0.2, -0.15) is 0 Å². The van der Waals surface area contributed by atoms with Gasteiger partial charge in [0, 0.05) is 23.5 Å². The summed E-state index contributed by atoms with van der Waals surface area (Å²) in [5.74, 6) is 0. The fourth-order valence-electron chi connectivity index (χ4n) is 4.38. The van der Waals surface area contributed by atoms with Gasteiger partial charge in [0.05, 0.1) is 0 Å². The molecule has 33 heavy (non-hydrogen) atoms. The van der Waals surface area contributed by atoms with Crippen molar-refractivity contribution >= 4 is 11.4 Å². The van der Waals surface area contributed by atoms with Crippen molar-refractivity contribution in [1.82, 2.24) is 0 Å². The lowest BCUT2D eigenvalue weighted by molar-refractivity contribution is 1.03. The van der Waals surface area contributed by atoms with Gasteiger partial charge in [-0.3, -0.25) is 0 Å². The highest BCUT2D eigenvalue weighted by Gasteiger charge is 2.15. The molecule has 0 aliphatic heterocycles. The Hall–Kier alpha value is -4.10. The fraction of sp³-hybridized carbons (Fsp3) is 0.0625. The Labute approximate surface area is 196 Å². The molecule has 0 atom stereocenters. The Bertz CT molecular complexity index is 1310. The minimum absolute atomic E-state index is 0.878. The van der Waals surface area contributed by atoms with Gasteiger partial charge in [0.25, 0.3) is 0 Å². The maximum Gasteiger partial charge on any atom is 0.0496 e. The van der Waals surface area contributed by atoms with E-state index in [0.717, 1.165) is 6.54 Å². The van der Waals surface area contributed by atoms with Gasteiger partial charge < -0.3 is 4.90 Å². The summed E-state index contributed by atoms with van der Waals surface area (Å²) in [5, 5.41) is 0. The summed E-state index contributed by atoms with van der Waals surface area (Å²) in [6.45, 7) is 3.10. The lowest BCUT2D eigenvalue weighted by atomic mass is 9.97. The quantitative estimate of drug-likeness (QED) is 0.263. The Balaban J connectivity index is 1.60. The molecule has 0 aromatic heterocycles. The average Bonchev–Trinajstić information content (AvgIpc) is 2.91. The van der Waals surface area contributed by atoms with E-state index in [9.17, 15) is 0 Å². The normalized spacial score (nSPS) is 10.7. The van der Waals surface area contributed by atoms with Crippen LogP contribution in [0.15, 0.2) is 133 Å². The van der Waals surface area contributed by atoms with Crippen molar-refractivity contribution in [1.29, 1.82) is 0 Å². The van der Waals surface area contributed by atoms with E-state index >= 15 is 0 Å². The van der Waals surface area contributed by atoms with Crippen LogP contribution < -0.4 is 4.90 Å². The fourth-order valence-corrected chi connectivity index (χ4v) is 4.38. The third-order valence-corrected chi connectivity index (χ3v) is 6.08. The SMILES string of the molecule is CCN(c1ccc(-c2ccccc2)cc1)c1cc(-c2ccccc2)ccc1-c1ccccc1. The molecule has 1 heteroatoms. The van der Waals surface area contributed by atoms with Crippen LogP contribution in [-0.4, -0.2) is 6.54 Å². The van der Waals surface area contributed by atoms with E-state index in [-0.39, 0.29) is 0 Å². The van der Waals surface area contributed by atoms with E-state index in [4.69, 9.17) is 0 Å². The molecular formula is C32H27N. The average molecular weight is 426 g/mol. The molecule has 0 radical (unpaired) electrons. The Morgan fingerprint density at radius 1 is 0.455 bits per heavy atom. The summed E-state index contributed by atoms with van der Waals surface area (Å²) >= 11 is 0. The molecule has 0 unspecified atom stereocenters. The Morgan fingerprint density at radius 2 is 0.909 bits per heavy atom. The number of hydrogen-bond donors (Lipinski definition) is 0. The van der Waals surface area contributed by atoms with Gasteiger partial charge in [0.2, 0.25) is 0 Å². The van der Waals surface area contributed by atoms with E-state index in [0.29, 0.717) is 0 Å². The Morgan fingerprint density at radius 3 is 1.45 bits per heavy atom. The highest BCUT2D eigenvalue weighted by Crippen LogP contribution is 2.38. The zero-order valence-electron chi connectivity index (χ0n) is 18.9. The van der Waals surface area contributed by atoms with Crippen LogP contribution in [0.2, 0.25) is 0 Å². The molecule has 0 fully saturated rings. The first-order valence-corrected chi connectivity index (χ1v) is 11.5. The molecule has 0 aliphatic rings. The minimum Gasteiger partial charge on any atom is -0.341 e. The van der Waals surface area contributed by atoms with Crippen molar-refractivity contribution in [3.63, 3.8) is 0 Å². The van der Waals surface area contributed by atoms with E-state index < -0.39 is 0 Å². The van der Waals surface area contributed by atoms with Gasteiger partial charge in [0.1, 0.15) is 0 Å². The summed E-state index contributed by atoms with van der Waals surface area (Å²) < 4.78 is 0. The predicted molar refractivity (Wildman–Crippen MR) is 142 cm³/mol. The van der Waals surface area contributed by atoms with Crippen molar-refractivity contribution in [2.45, 2.75) is 6.92 Å². The molecule has 0 saturated carbocycles. The number of nitrogens with zero attached hydrogens (tertiary/aromatic N) is 1. The lowest BCUT2D eigenvalue weighted by Gasteiger charge is -2.27. The summed E-state index contributed by atoms with van der Waals surface area (Å²) in [5.41, 5.74) is 9.81. The zero-order valence-corrected chi connectivity index (χ0v) is 18.9. The van der Waals surface area contributed by atoms with E-state index in [2.05, 4.69) is 145 Å². The van der Waals surface area contributed by atoms with Crippen LogP contribution in [0.25, 0.3) is 33.4 Å². The molecule has 5 aromatic carbocycles. The molecule has 0 heterocycles. The highest BCUT2D eigenvalue weighted by molar-refractivity contribution is 5.86. The molecule has 0 bridgehead atoms. The largest absolute Gasteiger partial charge is 0.341 e. The van der Waals surface area contributed by atoms with E-state index in [1.807, 2.05) is 0 Å². The molecule has 0 amide bonds. The monoisotopic (exact) mass is 425 g/mol. The third-order valence-electron chi connectivity index (χ3n) is 6.08. The molecule has 160 valence electrons. The van der Waals surface area contributed by atoms with Crippen LogP contribution >= 0.6 is 0 Å². The summed E-state index contributed by atoms with van der Waals surface area (Å²) in [6.07, 6.45) is 0. The summed E-state index contributed by atoms with van der Waals surface area (Å²) in [6, 6.07) is 47.5. The van der Waals surface area contributed by atoms with Crippen molar-refractivity contribution in [3.05, 3.63) is 133 Å². The van der Waals surface area contributed by atoms with Crippen molar-refractivity contribution in [3.8, 4) is 33.4 Å². The van der Waals surface area contributed by atoms with Gasteiger partial charge >= 0.3 is 0 Å². The predicted octanol–water partition coefficient (Wildman–Crippen LogP) is 8.85. The lowest BCUT2D eigenvalue weighted by Crippen LogP contribution is -2.17. The van der Waals surface area contributed by atoms with Crippen molar-refractivity contribution in [2.75, 3.05) is 11.4 Å². The maximum atomic E-state index is 2.41. The molecular weight excluding hydrogens is 398 g/mol. The van der Waals surface area contributed by atoms with Gasteiger partial charge in [0.15, 0.2) is 0 Å². The standard InChI is InChI=1S/C32H27N/c1-2-33(30-21-18-27(19-22-30)25-12-6-3-7-13-25)32-24-29(26-14-8-4-9-15-26)20-23-31(32)28-16-10-5-11-17-28/h3-24H,2H2,1H3. The molecule has 5 aromatic rings. The number of rotatable bonds is 6. The van der Waals surface area contributed by atoms with Gasteiger partial charge in [-0.15, -0.1) is 0 Å². The van der Waals surface area contributed by atoms with Crippen LogP contribution in [0.4, 0.5) is 11.4 Å². The molecule has 5 rings (SSSR count). The van der Waals surface area contributed by atoms with Crippen LogP contribution in [0.1, 0.15) is 6.92 Å². The Kier molecular flexibility index (Phi) is 6.04. The highest BCUT2D eigenvalue weighted by atomic mass is 15.1. The topological polar surface area (TPSA) is 3.24 Å². The van der Waals surface area contributed by atoms with E-state index in [1.54, 1.807) is 0 Å². The van der Waals surface area contributed by atoms with Crippen LogP contribution in [0.3, 0.4) is 0 Å². The first-order valence-electron chi connectivity index (χ1n) is 11.5. The second-order valence-corrected chi connectivity index (χ2v) is 8.12. The molecule has 0 saturated heterocycles. The first kappa shape index (κ1) is 20.8. The first-order chi connectivity index (χ1) is 16.3. The number of anilines is 2. The minimum atomic E-state index is 0.878.